The molecular formula is C16H23NO4. The van der Waals surface area contributed by atoms with Crippen LogP contribution in [0.1, 0.15) is 41.6 Å². The number of methoxy groups -OCH3 is 2. The number of aryl methyl sites for hydroxylation is 1. The van der Waals surface area contributed by atoms with Gasteiger partial charge in [-0.15, -0.1) is 0 Å². The number of benzene rings is 1. The molecule has 0 unspecified atom stereocenters. The second-order valence-corrected chi connectivity index (χ2v) is 4.85. The molecule has 5 nitrogen and oxygen atoms in total. The third kappa shape index (κ3) is 5.85. The molecular weight excluding hydrogens is 270 g/mol. The topological polar surface area (TPSA) is 64.6 Å². The van der Waals surface area contributed by atoms with Crippen LogP contribution in [0.15, 0.2) is 18.2 Å². The van der Waals surface area contributed by atoms with Crippen molar-refractivity contribution in [3.8, 4) is 5.75 Å². The van der Waals surface area contributed by atoms with Gasteiger partial charge in [0.25, 0.3) is 5.91 Å². The molecule has 1 aromatic carbocycles. The van der Waals surface area contributed by atoms with Gasteiger partial charge in [0.15, 0.2) is 0 Å². The Morgan fingerprint density at radius 2 is 1.90 bits per heavy atom. The van der Waals surface area contributed by atoms with Gasteiger partial charge >= 0.3 is 5.97 Å². The molecule has 0 saturated carbocycles. The summed E-state index contributed by atoms with van der Waals surface area (Å²) < 4.78 is 9.76. The highest BCUT2D eigenvalue weighted by molar-refractivity contribution is 5.97. The van der Waals surface area contributed by atoms with Crippen LogP contribution in [0, 0.1) is 6.92 Å². The maximum atomic E-state index is 12.1. The number of unbranched alkanes of at least 4 members (excludes halogenated alkanes) is 2. The highest BCUT2D eigenvalue weighted by Crippen LogP contribution is 2.19. The molecule has 1 aromatic rings. The molecule has 0 aromatic heterocycles. The third-order valence-electron chi connectivity index (χ3n) is 3.17. The third-order valence-corrected chi connectivity index (χ3v) is 3.17. The van der Waals surface area contributed by atoms with Gasteiger partial charge in [-0.25, -0.2) is 0 Å². The van der Waals surface area contributed by atoms with E-state index in [9.17, 15) is 9.59 Å². The van der Waals surface area contributed by atoms with E-state index >= 15 is 0 Å². The first kappa shape index (κ1) is 17.0. The molecule has 116 valence electrons. The van der Waals surface area contributed by atoms with Crippen molar-refractivity contribution in [1.82, 2.24) is 5.32 Å². The van der Waals surface area contributed by atoms with Crippen LogP contribution in [0.25, 0.3) is 0 Å². The van der Waals surface area contributed by atoms with Gasteiger partial charge in [-0.3, -0.25) is 9.59 Å². The number of carbonyl (C=O) groups is 2. The van der Waals surface area contributed by atoms with Crippen LogP contribution in [-0.4, -0.2) is 32.6 Å². The van der Waals surface area contributed by atoms with Crippen molar-refractivity contribution in [3.63, 3.8) is 0 Å². The van der Waals surface area contributed by atoms with Gasteiger partial charge in [0, 0.05) is 13.0 Å². The highest BCUT2D eigenvalue weighted by atomic mass is 16.5. The summed E-state index contributed by atoms with van der Waals surface area (Å²) in [4.78, 5) is 23.0. The molecule has 1 amide bonds. The van der Waals surface area contributed by atoms with Crippen molar-refractivity contribution in [2.75, 3.05) is 20.8 Å². The maximum Gasteiger partial charge on any atom is 0.305 e. The lowest BCUT2D eigenvalue weighted by atomic mass is 10.1. The second kappa shape index (κ2) is 9.00. The lowest BCUT2D eigenvalue weighted by Crippen LogP contribution is -2.25. The monoisotopic (exact) mass is 293 g/mol. The number of nitrogens with one attached hydrogen (secondary N) is 1. The van der Waals surface area contributed by atoms with Crippen LogP contribution in [0.5, 0.6) is 5.75 Å². The SMILES string of the molecule is COC(=O)CCCCCNC(=O)c1cc(C)ccc1OC. The Morgan fingerprint density at radius 3 is 2.57 bits per heavy atom. The fourth-order valence-electron chi connectivity index (χ4n) is 1.97. The van der Waals surface area contributed by atoms with Gasteiger partial charge in [-0.1, -0.05) is 18.1 Å². The van der Waals surface area contributed by atoms with E-state index in [0.29, 0.717) is 24.3 Å². The summed E-state index contributed by atoms with van der Waals surface area (Å²) >= 11 is 0. The maximum absolute atomic E-state index is 12.1. The van der Waals surface area contributed by atoms with Gasteiger partial charge < -0.3 is 14.8 Å². The fourth-order valence-corrected chi connectivity index (χ4v) is 1.97. The summed E-state index contributed by atoms with van der Waals surface area (Å²) in [6.45, 7) is 2.51. The van der Waals surface area contributed by atoms with E-state index in [1.54, 1.807) is 13.2 Å². The first-order valence-corrected chi connectivity index (χ1v) is 7.08. The molecule has 0 spiro atoms. The first-order valence-electron chi connectivity index (χ1n) is 7.08. The molecule has 0 aliphatic carbocycles. The predicted molar refractivity (Wildman–Crippen MR) is 80.5 cm³/mol. The molecule has 1 rings (SSSR count). The quantitative estimate of drug-likeness (QED) is 0.590. The molecule has 0 aliphatic heterocycles. The molecule has 0 saturated heterocycles. The molecule has 0 fully saturated rings. The Balaban J connectivity index is 2.34. The molecule has 21 heavy (non-hydrogen) atoms. The molecule has 0 bridgehead atoms. The summed E-state index contributed by atoms with van der Waals surface area (Å²) in [5.41, 5.74) is 1.56. The lowest BCUT2D eigenvalue weighted by Gasteiger charge is -2.10. The van der Waals surface area contributed by atoms with Gasteiger partial charge in [-0.2, -0.15) is 0 Å². The zero-order valence-electron chi connectivity index (χ0n) is 12.9. The van der Waals surface area contributed by atoms with Crippen LogP contribution in [0.2, 0.25) is 0 Å². The number of esters is 1. The fraction of sp³-hybridized carbons (Fsp3) is 0.500. The minimum absolute atomic E-state index is 0.136. The average molecular weight is 293 g/mol. The van der Waals surface area contributed by atoms with Gasteiger partial charge in [0.05, 0.1) is 19.8 Å². The minimum Gasteiger partial charge on any atom is -0.496 e. The number of hydrogen-bond donors (Lipinski definition) is 1. The van der Waals surface area contributed by atoms with E-state index < -0.39 is 0 Å². The van der Waals surface area contributed by atoms with Gasteiger partial charge in [-0.05, 0) is 31.9 Å². The van der Waals surface area contributed by atoms with Crippen molar-refractivity contribution in [2.24, 2.45) is 0 Å². The Bertz CT molecular complexity index is 485. The Kier molecular flexibility index (Phi) is 7.29. The van der Waals surface area contributed by atoms with E-state index in [2.05, 4.69) is 10.1 Å². The molecule has 0 atom stereocenters. The van der Waals surface area contributed by atoms with E-state index in [4.69, 9.17) is 4.74 Å². The Morgan fingerprint density at radius 1 is 1.14 bits per heavy atom. The number of hydrogen-bond acceptors (Lipinski definition) is 4. The van der Waals surface area contributed by atoms with Crippen molar-refractivity contribution < 1.29 is 19.1 Å². The number of carbonyl (C=O) groups excluding carboxylic acids is 2. The van der Waals surface area contributed by atoms with Crippen LogP contribution in [-0.2, 0) is 9.53 Å². The van der Waals surface area contributed by atoms with Crippen molar-refractivity contribution in [3.05, 3.63) is 29.3 Å². The zero-order valence-corrected chi connectivity index (χ0v) is 12.9. The summed E-state index contributed by atoms with van der Waals surface area (Å²) in [5, 5.41) is 2.87. The summed E-state index contributed by atoms with van der Waals surface area (Å²) in [6.07, 6.45) is 2.91. The largest absolute Gasteiger partial charge is 0.496 e. The molecule has 5 heteroatoms. The van der Waals surface area contributed by atoms with Crippen LogP contribution in [0.3, 0.4) is 0 Å². The van der Waals surface area contributed by atoms with Crippen LogP contribution >= 0.6 is 0 Å². The van der Waals surface area contributed by atoms with Crippen molar-refractivity contribution >= 4 is 11.9 Å². The standard InChI is InChI=1S/C16H23NO4/c1-12-8-9-14(20-2)13(11-12)16(19)17-10-6-4-5-7-15(18)21-3/h8-9,11H,4-7,10H2,1-3H3,(H,17,19). The molecule has 1 N–H and O–H groups in total. The Labute approximate surface area is 125 Å². The first-order chi connectivity index (χ1) is 10.1. The minimum atomic E-state index is -0.191. The summed E-state index contributed by atoms with van der Waals surface area (Å²) in [5.74, 6) is 0.246. The lowest BCUT2D eigenvalue weighted by molar-refractivity contribution is -0.140. The molecule has 0 heterocycles. The number of amides is 1. The van der Waals surface area contributed by atoms with E-state index in [-0.39, 0.29) is 11.9 Å². The average Bonchev–Trinajstić information content (AvgIpc) is 2.50. The number of rotatable bonds is 8. The van der Waals surface area contributed by atoms with E-state index in [1.165, 1.54) is 7.11 Å². The van der Waals surface area contributed by atoms with E-state index in [0.717, 1.165) is 24.8 Å². The number of ether oxygens (including phenoxy) is 2. The zero-order chi connectivity index (χ0) is 15.7. The van der Waals surface area contributed by atoms with Crippen molar-refractivity contribution in [1.29, 1.82) is 0 Å². The van der Waals surface area contributed by atoms with Gasteiger partial charge in [0.2, 0.25) is 0 Å². The summed E-state index contributed by atoms with van der Waals surface area (Å²) in [6, 6.07) is 5.51. The molecule has 0 aliphatic rings. The molecule has 0 radical (unpaired) electrons. The van der Waals surface area contributed by atoms with Crippen LogP contribution in [0.4, 0.5) is 0 Å². The van der Waals surface area contributed by atoms with Crippen LogP contribution < -0.4 is 10.1 Å². The highest BCUT2D eigenvalue weighted by Gasteiger charge is 2.11. The van der Waals surface area contributed by atoms with Crippen molar-refractivity contribution in [2.45, 2.75) is 32.6 Å². The van der Waals surface area contributed by atoms with Gasteiger partial charge in [0.1, 0.15) is 5.75 Å². The second-order valence-electron chi connectivity index (χ2n) is 4.85. The van der Waals surface area contributed by atoms with E-state index in [1.807, 2.05) is 19.1 Å². The normalized spacial score (nSPS) is 10.0. The Hall–Kier alpha value is -2.04. The predicted octanol–water partition coefficient (Wildman–Crippen LogP) is 2.47. The summed E-state index contributed by atoms with van der Waals surface area (Å²) in [7, 11) is 2.94. The smallest absolute Gasteiger partial charge is 0.305 e.